The van der Waals surface area contributed by atoms with Gasteiger partial charge in [0.25, 0.3) is 0 Å². The molecule has 10 atom stereocenters. The Morgan fingerprint density at radius 3 is 2.59 bits per heavy atom. The molecule has 34 heavy (non-hydrogen) atoms. The fraction of sp³-hybridized carbons (Fsp3) is 0.769. The topological polar surface area (TPSA) is 108 Å². The van der Waals surface area contributed by atoms with Crippen LogP contribution < -0.4 is 0 Å². The van der Waals surface area contributed by atoms with E-state index in [-0.39, 0.29) is 42.9 Å². The molecule has 2 aliphatic carbocycles. The van der Waals surface area contributed by atoms with Gasteiger partial charge in [-0.1, -0.05) is 13.8 Å². The fourth-order valence-corrected chi connectivity index (χ4v) is 9.62. The number of epoxide rings is 1. The third-order valence-electron chi connectivity index (χ3n) is 11.0. The second-order valence-corrected chi connectivity index (χ2v) is 12.4. The number of carbonyl (C=O) groups is 2. The van der Waals surface area contributed by atoms with Crippen molar-refractivity contribution >= 4 is 11.9 Å². The maximum Gasteiger partial charge on any atom is 0.339 e. The summed E-state index contributed by atoms with van der Waals surface area (Å²) in [6.45, 7) is 8.63. The smallest absolute Gasteiger partial charge is 0.339 e. The highest BCUT2D eigenvalue weighted by molar-refractivity contribution is 5.82. The van der Waals surface area contributed by atoms with Gasteiger partial charge in [-0.25, -0.2) is 4.79 Å². The quantitative estimate of drug-likeness (QED) is 0.491. The monoisotopic (exact) mass is 472 g/mol. The summed E-state index contributed by atoms with van der Waals surface area (Å²) >= 11 is 0. The van der Waals surface area contributed by atoms with E-state index in [4.69, 9.17) is 23.4 Å². The van der Waals surface area contributed by atoms with Crippen molar-refractivity contribution in [2.24, 2.45) is 28.1 Å². The Labute approximate surface area is 198 Å². The first-order valence-electron chi connectivity index (χ1n) is 12.4. The molecule has 6 aliphatic rings. The lowest BCUT2D eigenvalue weighted by molar-refractivity contribution is -0.261. The van der Waals surface area contributed by atoms with E-state index in [9.17, 15) is 14.7 Å². The van der Waals surface area contributed by atoms with Gasteiger partial charge in [-0.05, 0) is 45.1 Å². The lowest BCUT2D eigenvalue weighted by Crippen LogP contribution is -2.73. The largest absolute Gasteiger partial charge is 0.472 e. The summed E-state index contributed by atoms with van der Waals surface area (Å²) in [4.78, 5) is 25.5. The first-order chi connectivity index (χ1) is 16.0. The average molecular weight is 473 g/mol. The highest BCUT2D eigenvalue weighted by Crippen LogP contribution is 2.80. The Hall–Kier alpha value is -1.90. The summed E-state index contributed by atoms with van der Waals surface area (Å²) < 4.78 is 30.0. The molecule has 8 heteroatoms. The highest BCUT2D eigenvalue weighted by atomic mass is 16.7. The molecule has 4 saturated heterocycles. The summed E-state index contributed by atoms with van der Waals surface area (Å²) in [5, 5.41) is 11.9. The lowest BCUT2D eigenvalue weighted by Gasteiger charge is -2.67. The van der Waals surface area contributed by atoms with Crippen molar-refractivity contribution in [3.63, 3.8) is 0 Å². The first-order valence-corrected chi connectivity index (χ1v) is 12.4. The van der Waals surface area contributed by atoms with E-state index in [1.807, 2.05) is 6.07 Å². The van der Waals surface area contributed by atoms with Crippen LogP contribution in [0.4, 0.5) is 0 Å². The molecule has 8 nitrogen and oxygen atoms in total. The van der Waals surface area contributed by atoms with Gasteiger partial charge in [-0.2, -0.15) is 0 Å². The number of esters is 2. The number of fused-ring (bicyclic) bond motifs is 1. The Kier molecular flexibility index (Phi) is 3.82. The minimum Gasteiger partial charge on any atom is -0.472 e. The van der Waals surface area contributed by atoms with Gasteiger partial charge in [0, 0.05) is 27.7 Å². The standard InChI is InChI=1S/C26H32O8/c1-22(2)15-9-16(27)24(4)14(25(15)12-31-18(28)10-17(25)33-22)5-7-23(3)19(13-6-8-30-11-13)32-21(29)20-26(23,24)34-20/h6,8,11,14-17,19-20,27H,5,7,9-10,12H2,1-4H3/t14?,15?,16?,17?,19-,20?,23-,24?,25?,26?/m0/s1. The maximum absolute atomic E-state index is 13.2. The molecular formula is C26H32O8. The van der Waals surface area contributed by atoms with E-state index in [0.717, 1.165) is 18.4 Å². The predicted octanol–water partition coefficient (Wildman–Crippen LogP) is 2.93. The summed E-state index contributed by atoms with van der Waals surface area (Å²) in [6.07, 6.45) is 3.27. The number of aliphatic hydroxyl groups excluding tert-OH is 1. The zero-order chi connectivity index (χ0) is 23.9. The van der Waals surface area contributed by atoms with Crippen LogP contribution in [0.3, 0.4) is 0 Å². The predicted molar refractivity (Wildman–Crippen MR) is 115 cm³/mol. The van der Waals surface area contributed by atoms with E-state index in [1.165, 1.54) is 0 Å². The molecule has 2 spiro atoms. The molecule has 2 saturated carbocycles. The van der Waals surface area contributed by atoms with Gasteiger partial charge in [0.15, 0.2) is 6.10 Å². The van der Waals surface area contributed by atoms with Gasteiger partial charge in [0.2, 0.25) is 0 Å². The van der Waals surface area contributed by atoms with Gasteiger partial charge in [-0.3, -0.25) is 4.79 Å². The third-order valence-corrected chi connectivity index (χ3v) is 11.0. The molecule has 5 heterocycles. The Morgan fingerprint density at radius 1 is 1.06 bits per heavy atom. The Balaban J connectivity index is 1.40. The van der Waals surface area contributed by atoms with Crippen LogP contribution in [0.15, 0.2) is 23.0 Å². The van der Waals surface area contributed by atoms with Crippen LogP contribution in [-0.4, -0.2) is 53.2 Å². The minimum absolute atomic E-state index is 0.0318. The number of ether oxygens (including phenoxy) is 4. The molecule has 8 unspecified atom stereocenters. The van der Waals surface area contributed by atoms with Crippen molar-refractivity contribution in [3.05, 3.63) is 24.2 Å². The second kappa shape index (κ2) is 6.08. The number of rotatable bonds is 1. The maximum atomic E-state index is 13.2. The van der Waals surface area contributed by atoms with E-state index >= 15 is 0 Å². The van der Waals surface area contributed by atoms with Gasteiger partial charge in [0.1, 0.15) is 18.3 Å². The van der Waals surface area contributed by atoms with Crippen molar-refractivity contribution in [1.29, 1.82) is 0 Å². The molecular weight excluding hydrogens is 440 g/mol. The SMILES string of the molecule is CC1(C)OC2CC(=O)OCC23C1CC(O)C1(C)C3CC[C@@]2(C)[C@H](c3ccoc3)OC(=O)C3OC312. The van der Waals surface area contributed by atoms with Crippen molar-refractivity contribution in [3.8, 4) is 0 Å². The number of hydrogen-bond acceptors (Lipinski definition) is 8. The minimum atomic E-state index is -0.877. The molecule has 1 N–H and O–H groups in total. The first kappa shape index (κ1) is 21.4. The second-order valence-electron chi connectivity index (χ2n) is 12.4. The molecule has 4 aliphatic heterocycles. The number of furan rings is 1. The summed E-state index contributed by atoms with van der Waals surface area (Å²) in [5.74, 6) is -0.625. The normalized spacial score (nSPS) is 54.5. The summed E-state index contributed by atoms with van der Waals surface area (Å²) in [7, 11) is 0. The van der Waals surface area contributed by atoms with Crippen molar-refractivity contribution in [2.45, 2.75) is 89.0 Å². The zero-order valence-corrected chi connectivity index (χ0v) is 20.0. The molecule has 0 radical (unpaired) electrons. The van der Waals surface area contributed by atoms with Crippen LogP contribution in [0.2, 0.25) is 0 Å². The summed E-state index contributed by atoms with van der Waals surface area (Å²) in [5.41, 5.74) is -2.27. The van der Waals surface area contributed by atoms with E-state index in [0.29, 0.717) is 6.42 Å². The van der Waals surface area contributed by atoms with Gasteiger partial charge < -0.3 is 28.5 Å². The fourth-order valence-electron chi connectivity index (χ4n) is 9.62. The molecule has 6 fully saturated rings. The van der Waals surface area contributed by atoms with E-state index in [1.54, 1.807) is 12.5 Å². The van der Waals surface area contributed by atoms with Gasteiger partial charge in [0.05, 0.1) is 36.8 Å². The number of hydrogen-bond donors (Lipinski definition) is 1. The molecule has 7 rings (SSSR count). The average Bonchev–Trinajstić information content (AvgIpc) is 3.26. The van der Waals surface area contributed by atoms with Crippen LogP contribution >= 0.6 is 0 Å². The van der Waals surface area contributed by atoms with Crippen LogP contribution in [0.25, 0.3) is 0 Å². The van der Waals surface area contributed by atoms with Crippen LogP contribution in [0.1, 0.15) is 65.0 Å². The summed E-state index contributed by atoms with van der Waals surface area (Å²) in [6, 6.07) is 1.84. The number of aliphatic hydroxyl groups is 1. The van der Waals surface area contributed by atoms with Gasteiger partial charge >= 0.3 is 11.9 Å². The lowest BCUT2D eigenvalue weighted by atomic mass is 9.36. The molecule has 0 bridgehead atoms. The van der Waals surface area contributed by atoms with E-state index in [2.05, 4.69) is 27.7 Å². The van der Waals surface area contributed by atoms with Gasteiger partial charge in [-0.15, -0.1) is 0 Å². The van der Waals surface area contributed by atoms with E-state index < -0.39 is 45.8 Å². The Morgan fingerprint density at radius 2 is 1.85 bits per heavy atom. The van der Waals surface area contributed by atoms with Crippen LogP contribution in [0, 0.1) is 28.1 Å². The third kappa shape index (κ3) is 2.07. The highest BCUT2D eigenvalue weighted by Gasteiger charge is 2.89. The zero-order valence-electron chi connectivity index (χ0n) is 20.0. The molecule has 0 amide bonds. The molecule has 1 aromatic heterocycles. The molecule has 184 valence electrons. The Bertz CT molecular complexity index is 1080. The van der Waals surface area contributed by atoms with Crippen LogP contribution in [0.5, 0.6) is 0 Å². The van der Waals surface area contributed by atoms with Crippen LogP contribution in [-0.2, 0) is 28.5 Å². The molecule has 1 aromatic rings. The van der Waals surface area contributed by atoms with Crippen molar-refractivity contribution in [1.82, 2.24) is 0 Å². The molecule has 0 aromatic carbocycles. The number of cyclic esters (lactones) is 2. The van der Waals surface area contributed by atoms with Crippen molar-refractivity contribution < 1.29 is 38.1 Å². The number of carbonyl (C=O) groups excluding carboxylic acids is 2. The van der Waals surface area contributed by atoms with Crippen molar-refractivity contribution in [2.75, 3.05) is 6.61 Å².